The van der Waals surface area contributed by atoms with Gasteiger partial charge in [0, 0.05) is 12.4 Å². The molecule has 0 saturated heterocycles. The first kappa shape index (κ1) is 15.3. The standard InChI is InChI=1S/C13H12FN9O/c14-6-17-5-9(22-16)7-1-2-8-12(20-7)23(24)13(21-8)10-11(15)19-4-3-18-10/h1-5,24H,6,16H2,(H2,15,19). The normalized spacial score (nSPS) is 12.3. The van der Waals surface area contributed by atoms with Crippen LogP contribution in [-0.4, -0.2) is 48.6 Å². The van der Waals surface area contributed by atoms with E-state index < -0.39 is 6.80 Å². The Morgan fingerprint density at radius 3 is 2.79 bits per heavy atom. The molecule has 0 amide bonds. The highest BCUT2D eigenvalue weighted by atomic mass is 19.1. The van der Waals surface area contributed by atoms with Crippen LogP contribution in [0, 0.1) is 0 Å². The Labute approximate surface area is 134 Å². The molecule has 3 heterocycles. The van der Waals surface area contributed by atoms with Crippen molar-refractivity contribution in [2.75, 3.05) is 12.5 Å². The van der Waals surface area contributed by atoms with Crippen LogP contribution >= 0.6 is 0 Å². The van der Waals surface area contributed by atoms with Gasteiger partial charge in [0.15, 0.2) is 24.0 Å². The van der Waals surface area contributed by atoms with Crippen molar-refractivity contribution in [3.8, 4) is 11.5 Å². The minimum Gasteiger partial charge on any atom is -0.425 e. The molecule has 3 aromatic heterocycles. The van der Waals surface area contributed by atoms with Crippen LogP contribution in [0.25, 0.3) is 22.7 Å². The number of anilines is 1. The van der Waals surface area contributed by atoms with Crippen molar-refractivity contribution in [2.24, 2.45) is 15.9 Å². The zero-order valence-corrected chi connectivity index (χ0v) is 12.2. The van der Waals surface area contributed by atoms with E-state index in [1.54, 1.807) is 12.1 Å². The molecule has 0 atom stereocenters. The number of hydrazone groups is 1. The first-order valence-electron chi connectivity index (χ1n) is 6.65. The van der Waals surface area contributed by atoms with Gasteiger partial charge in [0.05, 0.1) is 11.9 Å². The molecule has 0 aliphatic carbocycles. The summed E-state index contributed by atoms with van der Waals surface area (Å²) in [5.41, 5.74) is 6.92. The van der Waals surface area contributed by atoms with Gasteiger partial charge < -0.3 is 16.8 Å². The van der Waals surface area contributed by atoms with Gasteiger partial charge in [-0.3, -0.25) is 4.99 Å². The Kier molecular flexibility index (Phi) is 3.97. The van der Waals surface area contributed by atoms with Crippen molar-refractivity contribution < 1.29 is 9.60 Å². The fraction of sp³-hybridized carbons (Fsp3) is 0.0769. The summed E-state index contributed by atoms with van der Waals surface area (Å²) in [7, 11) is 0. The number of fused-ring (bicyclic) bond motifs is 1. The van der Waals surface area contributed by atoms with Gasteiger partial charge in [-0.1, -0.05) is 0 Å². The summed E-state index contributed by atoms with van der Waals surface area (Å²) in [4.78, 5) is 19.8. The van der Waals surface area contributed by atoms with Crippen LogP contribution in [-0.2, 0) is 0 Å². The van der Waals surface area contributed by atoms with Crippen molar-refractivity contribution in [2.45, 2.75) is 0 Å². The number of hydrogen-bond acceptors (Lipinski definition) is 9. The molecule has 0 aliphatic rings. The van der Waals surface area contributed by atoms with Crippen LogP contribution < -0.4 is 11.6 Å². The molecule has 3 aromatic rings. The molecule has 0 unspecified atom stereocenters. The predicted molar refractivity (Wildman–Crippen MR) is 85.3 cm³/mol. The van der Waals surface area contributed by atoms with E-state index >= 15 is 0 Å². The van der Waals surface area contributed by atoms with E-state index in [9.17, 15) is 9.60 Å². The third kappa shape index (κ3) is 2.58. The number of alkyl halides is 1. The lowest BCUT2D eigenvalue weighted by Crippen LogP contribution is -2.09. The number of nitrogens with zero attached hydrogens (tertiary/aromatic N) is 7. The summed E-state index contributed by atoms with van der Waals surface area (Å²) >= 11 is 0. The SMILES string of the molecule is NN=C(C=NCF)c1ccc2nc(-c3nccnc3N)n(O)c2n1. The van der Waals surface area contributed by atoms with Crippen LogP contribution in [0.1, 0.15) is 5.69 Å². The summed E-state index contributed by atoms with van der Waals surface area (Å²) < 4.78 is 12.9. The number of rotatable bonds is 4. The molecule has 0 saturated carbocycles. The van der Waals surface area contributed by atoms with E-state index in [0.29, 0.717) is 5.52 Å². The molecule has 3 rings (SSSR count). The molecular formula is C13H12FN9O. The smallest absolute Gasteiger partial charge is 0.200 e. The third-order valence-corrected chi connectivity index (χ3v) is 3.10. The maximum atomic E-state index is 12.2. The fourth-order valence-corrected chi connectivity index (χ4v) is 2.05. The molecule has 0 fully saturated rings. The monoisotopic (exact) mass is 329 g/mol. The van der Waals surface area contributed by atoms with Gasteiger partial charge >= 0.3 is 0 Å². The lowest BCUT2D eigenvalue weighted by Gasteiger charge is -2.02. The first-order valence-corrected chi connectivity index (χ1v) is 6.65. The Hall–Kier alpha value is -3.63. The number of aromatic nitrogens is 5. The molecular weight excluding hydrogens is 317 g/mol. The lowest BCUT2D eigenvalue weighted by molar-refractivity contribution is 0.201. The highest BCUT2D eigenvalue weighted by Gasteiger charge is 2.18. The number of imidazole rings is 1. The van der Waals surface area contributed by atoms with E-state index in [-0.39, 0.29) is 34.4 Å². The van der Waals surface area contributed by atoms with Gasteiger partial charge in [-0.25, -0.2) is 24.3 Å². The molecule has 24 heavy (non-hydrogen) atoms. The molecule has 0 spiro atoms. The minimum absolute atomic E-state index is 0.0870. The Morgan fingerprint density at radius 2 is 2.08 bits per heavy atom. The van der Waals surface area contributed by atoms with Crippen LogP contribution in [0.3, 0.4) is 0 Å². The van der Waals surface area contributed by atoms with Crippen LogP contribution in [0.15, 0.2) is 34.6 Å². The van der Waals surface area contributed by atoms with Gasteiger partial charge in [0.25, 0.3) is 0 Å². The Bertz CT molecular complexity index is 950. The average Bonchev–Trinajstić information content (AvgIpc) is 2.92. The largest absolute Gasteiger partial charge is 0.425 e. The number of nitrogens with two attached hydrogens (primary N) is 2. The van der Waals surface area contributed by atoms with Crippen molar-refractivity contribution in [3.63, 3.8) is 0 Å². The zero-order valence-electron chi connectivity index (χ0n) is 12.2. The minimum atomic E-state index is -0.907. The topological polar surface area (TPSA) is 153 Å². The highest BCUT2D eigenvalue weighted by molar-refractivity contribution is 6.37. The number of aliphatic imine (C=N–C) groups is 1. The fourth-order valence-electron chi connectivity index (χ4n) is 2.05. The van der Waals surface area contributed by atoms with Crippen molar-refractivity contribution in [1.29, 1.82) is 0 Å². The van der Waals surface area contributed by atoms with Crippen molar-refractivity contribution in [3.05, 3.63) is 30.2 Å². The summed E-state index contributed by atoms with van der Waals surface area (Å²) in [5.74, 6) is 5.46. The first-order chi connectivity index (χ1) is 11.7. The highest BCUT2D eigenvalue weighted by Crippen LogP contribution is 2.23. The molecule has 11 heteroatoms. The third-order valence-electron chi connectivity index (χ3n) is 3.10. The number of hydrogen-bond donors (Lipinski definition) is 3. The summed E-state index contributed by atoms with van der Waals surface area (Å²) in [6.45, 7) is -0.907. The second kappa shape index (κ2) is 6.24. The molecule has 10 nitrogen and oxygen atoms in total. The van der Waals surface area contributed by atoms with Gasteiger partial charge in [-0.15, -0.1) is 4.73 Å². The summed E-state index contributed by atoms with van der Waals surface area (Å²) in [5, 5.41) is 13.8. The van der Waals surface area contributed by atoms with Gasteiger partial charge in [0.1, 0.15) is 11.2 Å². The summed E-state index contributed by atoms with van der Waals surface area (Å²) in [6.07, 6.45) is 4.00. The average molecular weight is 329 g/mol. The Morgan fingerprint density at radius 1 is 1.29 bits per heavy atom. The number of nitrogen functional groups attached to an aromatic ring is 1. The predicted octanol–water partition coefficient (Wildman–Crippen LogP) is 0.368. The summed E-state index contributed by atoms with van der Waals surface area (Å²) in [6, 6.07) is 3.16. The molecule has 122 valence electrons. The van der Waals surface area contributed by atoms with E-state index in [1.165, 1.54) is 12.4 Å². The van der Waals surface area contributed by atoms with Gasteiger partial charge in [0.2, 0.25) is 5.82 Å². The van der Waals surface area contributed by atoms with E-state index in [1.807, 2.05) is 0 Å². The molecule has 0 aliphatic heterocycles. The van der Waals surface area contributed by atoms with Gasteiger partial charge in [-0.2, -0.15) is 5.10 Å². The second-order valence-electron chi connectivity index (χ2n) is 4.52. The van der Waals surface area contributed by atoms with Crippen molar-refractivity contribution >= 4 is 28.9 Å². The molecule has 0 bridgehead atoms. The molecule has 0 aromatic carbocycles. The number of pyridine rings is 1. The van der Waals surface area contributed by atoms with E-state index in [2.05, 4.69) is 30.0 Å². The molecule has 0 radical (unpaired) electrons. The lowest BCUT2D eigenvalue weighted by atomic mass is 10.2. The van der Waals surface area contributed by atoms with Crippen molar-refractivity contribution in [1.82, 2.24) is 24.7 Å². The zero-order chi connectivity index (χ0) is 17.1. The van der Waals surface area contributed by atoms with E-state index in [0.717, 1.165) is 10.9 Å². The Balaban J connectivity index is 2.13. The van der Waals surface area contributed by atoms with E-state index in [4.69, 9.17) is 11.6 Å². The van der Waals surface area contributed by atoms with Gasteiger partial charge in [-0.05, 0) is 12.1 Å². The van der Waals surface area contributed by atoms with Crippen LogP contribution in [0.4, 0.5) is 10.2 Å². The molecule has 5 N–H and O–H groups in total. The van der Waals surface area contributed by atoms with Crippen LogP contribution in [0.5, 0.6) is 0 Å². The maximum absolute atomic E-state index is 12.2. The van der Waals surface area contributed by atoms with Crippen LogP contribution in [0.2, 0.25) is 0 Å². The second-order valence-corrected chi connectivity index (χ2v) is 4.52. The quantitative estimate of drug-likeness (QED) is 0.205. The number of halogens is 1. The maximum Gasteiger partial charge on any atom is 0.200 e.